The van der Waals surface area contributed by atoms with Crippen LogP contribution in [0.2, 0.25) is 0 Å². The first-order valence-electron chi connectivity index (χ1n) is 11.6. The molecular weight excluding hydrogens is 522 g/mol. The van der Waals surface area contributed by atoms with E-state index in [1.54, 1.807) is 36.4 Å². The van der Waals surface area contributed by atoms with Gasteiger partial charge in [0.15, 0.2) is 0 Å². The number of aromatic nitrogens is 3. The van der Waals surface area contributed by atoms with Crippen molar-refractivity contribution in [3.8, 4) is 0 Å². The minimum atomic E-state index is -0.923. The highest BCUT2D eigenvalue weighted by Gasteiger charge is 2.64. The molecule has 3 aromatic carbocycles. The molecule has 3 aliphatic rings. The van der Waals surface area contributed by atoms with Crippen molar-refractivity contribution in [3.63, 3.8) is 0 Å². The summed E-state index contributed by atoms with van der Waals surface area (Å²) in [5.41, 5.74) is 3.38. The highest BCUT2D eigenvalue weighted by Crippen LogP contribution is 2.49. The molecule has 0 unspecified atom stereocenters. The van der Waals surface area contributed by atoms with Crippen LogP contribution in [0.5, 0.6) is 0 Å². The Morgan fingerprint density at radius 3 is 2.42 bits per heavy atom. The van der Waals surface area contributed by atoms with Crippen molar-refractivity contribution < 1.29 is 14.4 Å². The van der Waals surface area contributed by atoms with Gasteiger partial charge in [0.1, 0.15) is 11.6 Å². The number of halogens is 1. The molecule has 2 fully saturated rings. The lowest BCUT2D eigenvalue weighted by atomic mass is 9.88. The van der Waals surface area contributed by atoms with E-state index in [1.165, 1.54) is 9.58 Å². The Morgan fingerprint density at radius 2 is 1.58 bits per heavy atom. The lowest BCUT2D eigenvalue weighted by Gasteiger charge is -2.36. The molecule has 0 bridgehead atoms. The van der Waals surface area contributed by atoms with Gasteiger partial charge in [-0.15, -0.1) is 5.10 Å². The average molecular weight is 540 g/mol. The SMILES string of the molecule is O=C1[C@H]2[C@H](C(=O)N1c1ccc(Br)cc1)[C@@H](C(=O)n1nnc3ccccc31)N1c3ccccc3C=C[C@H]21. The Balaban J connectivity index is 1.39. The van der Waals surface area contributed by atoms with Gasteiger partial charge in [-0.3, -0.25) is 14.4 Å². The van der Waals surface area contributed by atoms with Crippen LogP contribution < -0.4 is 9.80 Å². The Labute approximate surface area is 213 Å². The molecule has 0 aliphatic carbocycles. The van der Waals surface area contributed by atoms with Crippen molar-refractivity contribution in [2.45, 2.75) is 12.1 Å². The van der Waals surface area contributed by atoms with Crippen LogP contribution in [0.4, 0.5) is 11.4 Å². The van der Waals surface area contributed by atoms with Gasteiger partial charge in [-0.25, -0.2) is 4.90 Å². The van der Waals surface area contributed by atoms with E-state index in [2.05, 4.69) is 26.2 Å². The first kappa shape index (κ1) is 21.2. The van der Waals surface area contributed by atoms with Gasteiger partial charge in [0.05, 0.1) is 29.1 Å². The summed E-state index contributed by atoms with van der Waals surface area (Å²) in [5, 5.41) is 8.28. The fourth-order valence-corrected chi connectivity index (χ4v) is 6.06. The van der Waals surface area contributed by atoms with Crippen molar-refractivity contribution in [2.24, 2.45) is 11.8 Å². The summed E-state index contributed by atoms with van der Waals surface area (Å²) in [7, 11) is 0. The largest absolute Gasteiger partial charge is 0.351 e. The number of hydrogen-bond acceptors (Lipinski definition) is 6. The number of benzene rings is 3. The topological polar surface area (TPSA) is 88.4 Å². The summed E-state index contributed by atoms with van der Waals surface area (Å²) in [6, 6.07) is 20.6. The van der Waals surface area contributed by atoms with Gasteiger partial charge < -0.3 is 4.90 Å². The third-order valence-corrected chi connectivity index (χ3v) is 7.84. The van der Waals surface area contributed by atoms with Crippen molar-refractivity contribution in [1.29, 1.82) is 0 Å². The Hall–Kier alpha value is -4.11. The van der Waals surface area contributed by atoms with Crippen molar-refractivity contribution >= 4 is 62.1 Å². The van der Waals surface area contributed by atoms with Crippen LogP contribution in [-0.4, -0.2) is 44.8 Å². The molecule has 7 rings (SSSR count). The van der Waals surface area contributed by atoms with Crippen LogP contribution in [0.1, 0.15) is 10.4 Å². The van der Waals surface area contributed by atoms with Crippen LogP contribution in [-0.2, 0) is 9.59 Å². The van der Waals surface area contributed by atoms with E-state index >= 15 is 0 Å². The molecule has 4 heterocycles. The second kappa shape index (κ2) is 7.69. The number of amides is 2. The second-order valence-corrected chi connectivity index (χ2v) is 10.0. The zero-order valence-electron chi connectivity index (χ0n) is 18.7. The number of nitrogens with zero attached hydrogens (tertiary/aromatic N) is 5. The summed E-state index contributed by atoms with van der Waals surface area (Å²) in [6.45, 7) is 0. The maximum atomic E-state index is 14.2. The van der Waals surface area contributed by atoms with Crippen LogP contribution in [0.3, 0.4) is 0 Å². The van der Waals surface area contributed by atoms with Crippen LogP contribution in [0.25, 0.3) is 17.1 Å². The molecule has 4 aromatic rings. The summed E-state index contributed by atoms with van der Waals surface area (Å²) >= 11 is 3.40. The van der Waals surface area contributed by atoms with Crippen LogP contribution in [0, 0.1) is 11.8 Å². The standard InChI is InChI=1S/C27H18BrN5O3/c28-16-10-12-17(13-11-16)31-25(34)22-21-14-9-15-5-1-3-7-19(15)32(21)24(23(22)26(31)35)27(36)33-20-8-4-2-6-18(20)29-30-33/h1-14,21-24H/t21-,22-,23+,24+/m1/s1. The predicted octanol–water partition coefficient (Wildman–Crippen LogP) is 3.92. The molecule has 0 N–H and O–H groups in total. The number of rotatable bonds is 2. The lowest BCUT2D eigenvalue weighted by molar-refractivity contribution is -0.122. The predicted molar refractivity (Wildman–Crippen MR) is 137 cm³/mol. The Morgan fingerprint density at radius 1 is 0.861 bits per heavy atom. The van der Waals surface area contributed by atoms with Gasteiger partial charge in [0, 0.05) is 10.2 Å². The average Bonchev–Trinajstić information content (AvgIpc) is 3.56. The molecule has 176 valence electrons. The van der Waals surface area contributed by atoms with Crippen LogP contribution in [0.15, 0.2) is 83.3 Å². The number of carbonyl (C=O) groups is 3. The third kappa shape index (κ3) is 2.83. The summed E-state index contributed by atoms with van der Waals surface area (Å²) < 4.78 is 2.11. The molecule has 1 aromatic heterocycles. The van der Waals surface area contributed by atoms with Gasteiger partial charge in [-0.1, -0.05) is 63.6 Å². The van der Waals surface area contributed by atoms with Gasteiger partial charge in [-0.05, 0) is 48.0 Å². The molecular formula is C27H18BrN5O3. The molecule has 9 heteroatoms. The summed E-state index contributed by atoms with van der Waals surface area (Å²) in [6.07, 6.45) is 3.90. The van der Waals surface area contributed by atoms with Gasteiger partial charge in [0.25, 0.3) is 5.91 Å². The van der Waals surface area contributed by atoms with Crippen molar-refractivity contribution in [3.05, 3.63) is 88.9 Å². The van der Waals surface area contributed by atoms with E-state index in [9.17, 15) is 14.4 Å². The molecule has 0 spiro atoms. The molecule has 0 radical (unpaired) electrons. The first-order valence-corrected chi connectivity index (χ1v) is 12.4. The number of carbonyl (C=O) groups excluding carboxylic acids is 3. The van der Waals surface area contributed by atoms with E-state index in [-0.39, 0.29) is 17.7 Å². The minimum Gasteiger partial charge on any atom is -0.351 e. The number of hydrogen-bond donors (Lipinski definition) is 0. The Bertz CT molecular complexity index is 1610. The number of para-hydroxylation sites is 2. The molecule has 4 atom stereocenters. The maximum Gasteiger partial charge on any atom is 0.272 e. The summed E-state index contributed by atoms with van der Waals surface area (Å²) in [5.74, 6) is -2.63. The monoisotopic (exact) mass is 539 g/mol. The second-order valence-electron chi connectivity index (χ2n) is 9.13. The normalized spacial score (nSPS) is 24.2. The van der Waals surface area contributed by atoms with E-state index in [1.807, 2.05) is 53.5 Å². The van der Waals surface area contributed by atoms with Crippen molar-refractivity contribution in [2.75, 3.05) is 9.80 Å². The molecule has 8 nitrogen and oxygen atoms in total. The quantitative estimate of drug-likeness (QED) is 0.358. The lowest BCUT2D eigenvalue weighted by Crippen LogP contribution is -2.50. The van der Waals surface area contributed by atoms with E-state index in [0.717, 1.165) is 15.7 Å². The van der Waals surface area contributed by atoms with Gasteiger partial charge in [-0.2, -0.15) is 4.68 Å². The maximum absolute atomic E-state index is 14.2. The number of imide groups is 1. The third-order valence-electron chi connectivity index (χ3n) is 7.31. The highest BCUT2D eigenvalue weighted by molar-refractivity contribution is 9.10. The zero-order chi connectivity index (χ0) is 24.6. The van der Waals surface area contributed by atoms with E-state index < -0.39 is 23.9 Å². The van der Waals surface area contributed by atoms with Gasteiger partial charge in [0.2, 0.25) is 11.8 Å². The fourth-order valence-electron chi connectivity index (χ4n) is 5.80. The Kier molecular flexibility index (Phi) is 4.53. The first-order chi connectivity index (χ1) is 17.5. The number of fused-ring (bicyclic) bond motifs is 6. The fraction of sp³-hybridized carbons (Fsp3) is 0.148. The molecule has 2 saturated heterocycles. The minimum absolute atomic E-state index is 0.301. The van der Waals surface area contributed by atoms with E-state index in [0.29, 0.717) is 16.7 Å². The zero-order valence-corrected chi connectivity index (χ0v) is 20.3. The molecule has 36 heavy (non-hydrogen) atoms. The molecule has 0 saturated carbocycles. The van der Waals surface area contributed by atoms with E-state index in [4.69, 9.17) is 0 Å². The smallest absolute Gasteiger partial charge is 0.272 e. The number of anilines is 2. The molecule has 3 aliphatic heterocycles. The highest BCUT2D eigenvalue weighted by atomic mass is 79.9. The van der Waals surface area contributed by atoms with Crippen molar-refractivity contribution in [1.82, 2.24) is 15.0 Å². The summed E-state index contributed by atoms with van der Waals surface area (Å²) in [4.78, 5) is 45.1. The molecule has 2 amide bonds. The van der Waals surface area contributed by atoms with Crippen LogP contribution >= 0.6 is 15.9 Å². The van der Waals surface area contributed by atoms with Gasteiger partial charge >= 0.3 is 0 Å².